The Hall–Kier alpha value is -2.00. The minimum Gasteiger partial charge on any atom is -0.481 e. The molecular weight excluding hydrogens is 312 g/mol. The number of carboxylic acid groups (broad SMARTS) is 1. The van der Waals surface area contributed by atoms with Gasteiger partial charge in [0.25, 0.3) is 5.69 Å². The second-order valence-electron chi connectivity index (χ2n) is 5.35. The summed E-state index contributed by atoms with van der Waals surface area (Å²) in [6.07, 6.45) is 0.238. The Kier molecular flexibility index (Phi) is 4.21. The summed E-state index contributed by atoms with van der Waals surface area (Å²) in [7, 11) is -3.94. The van der Waals surface area contributed by atoms with Crippen molar-refractivity contribution in [1.29, 1.82) is 0 Å². The van der Waals surface area contributed by atoms with Crippen LogP contribution in [0.15, 0.2) is 17.0 Å². The molecule has 1 saturated heterocycles. The largest absolute Gasteiger partial charge is 0.481 e. The molecule has 1 N–H and O–H groups in total. The average Bonchev–Trinajstić information content (AvgIpc) is 2.88. The van der Waals surface area contributed by atoms with Crippen LogP contribution in [0.2, 0.25) is 0 Å². The Bertz CT molecular complexity index is 743. The lowest BCUT2D eigenvalue weighted by molar-refractivity contribution is -0.385. The minimum atomic E-state index is -3.94. The molecule has 0 amide bonds. The highest BCUT2D eigenvalue weighted by Gasteiger charge is 2.37. The van der Waals surface area contributed by atoms with Crippen molar-refractivity contribution in [3.8, 4) is 0 Å². The minimum absolute atomic E-state index is 0.0976. The molecule has 0 radical (unpaired) electrons. The van der Waals surface area contributed by atoms with Crippen LogP contribution < -0.4 is 0 Å². The van der Waals surface area contributed by atoms with Gasteiger partial charge in [-0.3, -0.25) is 14.9 Å². The van der Waals surface area contributed by atoms with Crippen LogP contribution >= 0.6 is 0 Å². The number of hydrogen-bond donors (Lipinski definition) is 1. The summed E-state index contributed by atoms with van der Waals surface area (Å²) >= 11 is 0. The lowest BCUT2D eigenvalue weighted by Crippen LogP contribution is -2.30. The fourth-order valence-corrected chi connectivity index (χ4v) is 4.31. The first kappa shape index (κ1) is 16.4. The molecular formula is C13H16N2O6S. The summed E-state index contributed by atoms with van der Waals surface area (Å²) < 4.78 is 26.3. The van der Waals surface area contributed by atoms with Gasteiger partial charge in [0.15, 0.2) is 0 Å². The van der Waals surface area contributed by atoms with E-state index in [1.54, 1.807) is 6.92 Å². The van der Waals surface area contributed by atoms with Gasteiger partial charge in [0.1, 0.15) is 0 Å². The first-order valence-corrected chi connectivity index (χ1v) is 8.07. The van der Waals surface area contributed by atoms with Gasteiger partial charge in [-0.1, -0.05) is 0 Å². The predicted octanol–water partition coefficient (Wildman–Crippen LogP) is 1.31. The molecule has 1 heterocycles. The lowest BCUT2D eigenvalue weighted by Gasteiger charge is -2.17. The van der Waals surface area contributed by atoms with E-state index in [1.165, 1.54) is 13.0 Å². The molecule has 1 aliphatic heterocycles. The van der Waals surface area contributed by atoms with E-state index in [-0.39, 0.29) is 30.1 Å². The van der Waals surface area contributed by atoms with Crippen molar-refractivity contribution in [1.82, 2.24) is 4.31 Å². The van der Waals surface area contributed by atoms with Crippen molar-refractivity contribution in [3.05, 3.63) is 33.4 Å². The van der Waals surface area contributed by atoms with E-state index < -0.39 is 26.8 Å². The summed E-state index contributed by atoms with van der Waals surface area (Å²) in [6.45, 7) is 3.09. The zero-order valence-corrected chi connectivity index (χ0v) is 13.0. The fourth-order valence-electron chi connectivity index (χ4n) is 2.58. The maximum atomic E-state index is 12.6. The SMILES string of the molecule is Cc1cc(C)c(S(=O)(=O)N2CCC(C(=O)O)C2)cc1[N+](=O)[O-]. The molecule has 0 spiro atoms. The Balaban J connectivity index is 2.44. The zero-order valence-electron chi connectivity index (χ0n) is 12.1. The van der Waals surface area contributed by atoms with Crippen LogP contribution in [0.25, 0.3) is 0 Å². The van der Waals surface area contributed by atoms with Gasteiger partial charge >= 0.3 is 5.97 Å². The van der Waals surface area contributed by atoms with Gasteiger partial charge in [-0.25, -0.2) is 8.42 Å². The number of rotatable bonds is 4. The molecule has 0 aliphatic carbocycles. The zero-order chi connectivity index (χ0) is 16.7. The van der Waals surface area contributed by atoms with E-state index in [4.69, 9.17) is 5.11 Å². The van der Waals surface area contributed by atoms with Crippen LogP contribution in [-0.2, 0) is 14.8 Å². The maximum absolute atomic E-state index is 12.6. The molecule has 1 aromatic carbocycles. The molecule has 0 bridgehead atoms. The number of hydrogen-bond acceptors (Lipinski definition) is 5. The number of nitro benzene ring substituents is 1. The van der Waals surface area contributed by atoms with Gasteiger partial charge in [0, 0.05) is 24.7 Å². The van der Waals surface area contributed by atoms with Crippen LogP contribution in [0.5, 0.6) is 0 Å². The van der Waals surface area contributed by atoms with Crippen LogP contribution in [-0.4, -0.2) is 41.8 Å². The third-order valence-corrected chi connectivity index (χ3v) is 5.82. The highest BCUT2D eigenvalue weighted by molar-refractivity contribution is 7.89. The normalized spacial score (nSPS) is 19.3. The molecule has 1 aliphatic rings. The quantitative estimate of drug-likeness (QED) is 0.657. The number of nitrogens with zero attached hydrogens (tertiary/aromatic N) is 2. The Morgan fingerprint density at radius 2 is 2.00 bits per heavy atom. The molecule has 2 rings (SSSR count). The second-order valence-corrected chi connectivity index (χ2v) is 7.25. The van der Waals surface area contributed by atoms with E-state index in [2.05, 4.69) is 0 Å². The molecule has 22 heavy (non-hydrogen) atoms. The van der Waals surface area contributed by atoms with Gasteiger partial charge in [-0.05, 0) is 31.9 Å². The summed E-state index contributed by atoms with van der Waals surface area (Å²) in [6, 6.07) is 2.50. The van der Waals surface area contributed by atoms with E-state index in [0.717, 1.165) is 10.4 Å². The van der Waals surface area contributed by atoms with Crippen LogP contribution in [0.1, 0.15) is 17.5 Å². The lowest BCUT2D eigenvalue weighted by atomic mass is 10.1. The maximum Gasteiger partial charge on any atom is 0.307 e. The van der Waals surface area contributed by atoms with Crippen molar-refractivity contribution < 1.29 is 23.2 Å². The Labute approximate surface area is 127 Å². The van der Waals surface area contributed by atoms with Crippen molar-refractivity contribution in [2.45, 2.75) is 25.2 Å². The van der Waals surface area contributed by atoms with Gasteiger partial charge < -0.3 is 5.11 Å². The predicted molar refractivity (Wildman–Crippen MR) is 77.1 cm³/mol. The number of nitro groups is 1. The summed E-state index contributed by atoms with van der Waals surface area (Å²) in [4.78, 5) is 21.2. The van der Waals surface area contributed by atoms with Gasteiger partial charge in [0.2, 0.25) is 10.0 Å². The molecule has 1 fully saturated rings. The Morgan fingerprint density at radius 3 is 2.50 bits per heavy atom. The monoisotopic (exact) mass is 328 g/mol. The number of carboxylic acids is 1. The molecule has 1 unspecified atom stereocenters. The highest BCUT2D eigenvalue weighted by atomic mass is 32.2. The van der Waals surface area contributed by atoms with Crippen molar-refractivity contribution >= 4 is 21.7 Å². The second kappa shape index (κ2) is 5.65. The van der Waals surface area contributed by atoms with Crippen LogP contribution in [0.3, 0.4) is 0 Å². The smallest absolute Gasteiger partial charge is 0.307 e. The molecule has 1 aromatic rings. The molecule has 120 valence electrons. The topological polar surface area (TPSA) is 118 Å². The Morgan fingerprint density at radius 1 is 1.36 bits per heavy atom. The van der Waals surface area contributed by atoms with Gasteiger partial charge in [0.05, 0.1) is 15.7 Å². The van der Waals surface area contributed by atoms with Crippen LogP contribution in [0.4, 0.5) is 5.69 Å². The molecule has 9 heteroatoms. The standard InChI is InChI=1S/C13H16N2O6S/c1-8-5-9(2)12(6-11(8)15(18)19)22(20,21)14-4-3-10(7-14)13(16)17/h5-6,10H,3-4,7H2,1-2H3,(H,16,17). The van der Waals surface area contributed by atoms with E-state index in [9.17, 15) is 23.3 Å². The molecule has 1 atom stereocenters. The number of carbonyl (C=O) groups is 1. The molecule has 0 aromatic heterocycles. The third kappa shape index (κ3) is 2.81. The first-order chi connectivity index (χ1) is 10.1. The van der Waals surface area contributed by atoms with Gasteiger partial charge in [-0.2, -0.15) is 4.31 Å². The summed E-state index contributed by atoms with van der Waals surface area (Å²) in [5.74, 6) is -1.78. The van der Waals surface area contributed by atoms with Gasteiger partial charge in [-0.15, -0.1) is 0 Å². The number of benzene rings is 1. The highest BCUT2D eigenvalue weighted by Crippen LogP contribution is 2.30. The van der Waals surface area contributed by atoms with E-state index >= 15 is 0 Å². The van der Waals surface area contributed by atoms with Crippen molar-refractivity contribution in [3.63, 3.8) is 0 Å². The van der Waals surface area contributed by atoms with Crippen molar-refractivity contribution in [2.75, 3.05) is 13.1 Å². The molecule has 0 saturated carbocycles. The van der Waals surface area contributed by atoms with E-state index in [0.29, 0.717) is 11.1 Å². The van der Waals surface area contributed by atoms with E-state index in [1.807, 2.05) is 0 Å². The van der Waals surface area contributed by atoms with Crippen LogP contribution in [0, 0.1) is 29.9 Å². The first-order valence-electron chi connectivity index (χ1n) is 6.63. The number of sulfonamides is 1. The fraction of sp³-hybridized carbons (Fsp3) is 0.462. The summed E-state index contributed by atoms with van der Waals surface area (Å²) in [5, 5.41) is 20.0. The molecule has 8 nitrogen and oxygen atoms in total. The summed E-state index contributed by atoms with van der Waals surface area (Å²) in [5.41, 5.74) is 0.520. The number of aliphatic carboxylic acids is 1. The average molecular weight is 328 g/mol. The number of aryl methyl sites for hydroxylation is 2. The third-order valence-electron chi connectivity index (χ3n) is 3.81. The van der Waals surface area contributed by atoms with Crippen molar-refractivity contribution in [2.24, 2.45) is 5.92 Å².